The van der Waals surface area contributed by atoms with Crippen LogP contribution in [0.5, 0.6) is 0 Å². The number of likely N-dealkylation sites (tertiary alicyclic amines) is 1. The monoisotopic (exact) mass is 532 g/mol. The number of carbonyl (C=O) groups excluding carboxylic acids is 1. The van der Waals surface area contributed by atoms with Gasteiger partial charge in [0.2, 0.25) is 0 Å². The molecule has 0 saturated carbocycles. The molecule has 0 spiro atoms. The number of hydrogen-bond donors (Lipinski definition) is 1. The number of pyridine rings is 2. The Balaban J connectivity index is 1.30. The van der Waals surface area contributed by atoms with Gasteiger partial charge in [-0.2, -0.15) is 5.10 Å². The van der Waals surface area contributed by atoms with Crippen LogP contribution in [0.4, 0.5) is 20.7 Å². The number of carbonyl (C=O) groups is 1. The summed E-state index contributed by atoms with van der Waals surface area (Å²) in [6.07, 6.45) is 6.19. The van der Waals surface area contributed by atoms with Crippen LogP contribution in [0.2, 0.25) is 0 Å². The van der Waals surface area contributed by atoms with Gasteiger partial charge < -0.3 is 19.7 Å². The first-order chi connectivity index (χ1) is 18.7. The molecule has 4 aromatic rings. The van der Waals surface area contributed by atoms with E-state index < -0.39 is 11.4 Å². The van der Waals surface area contributed by atoms with Crippen molar-refractivity contribution in [2.75, 3.05) is 25.5 Å². The van der Waals surface area contributed by atoms with E-state index in [-0.39, 0.29) is 18.1 Å². The number of anilines is 2. The summed E-state index contributed by atoms with van der Waals surface area (Å²) in [6.45, 7) is 6.83. The number of hydrogen-bond acceptors (Lipinski definition) is 7. The smallest absolute Gasteiger partial charge is 0.410 e. The predicted molar refractivity (Wildman–Crippen MR) is 147 cm³/mol. The van der Waals surface area contributed by atoms with Crippen LogP contribution >= 0.6 is 0 Å². The first kappa shape index (κ1) is 26.6. The number of fused-ring (bicyclic) bond motifs is 1. The van der Waals surface area contributed by atoms with E-state index in [9.17, 15) is 9.18 Å². The molecule has 1 N–H and O–H groups in total. The number of halogens is 1. The molecule has 1 saturated heterocycles. The third kappa shape index (κ3) is 6.17. The fourth-order valence-corrected chi connectivity index (χ4v) is 4.83. The lowest BCUT2D eigenvalue weighted by molar-refractivity contribution is -0.00339. The van der Waals surface area contributed by atoms with Crippen LogP contribution in [0, 0.1) is 11.7 Å². The van der Waals surface area contributed by atoms with E-state index in [2.05, 4.69) is 15.4 Å². The maximum Gasteiger partial charge on any atom is 0.410 e. The molecule has 9 nitrogen and oxygen atoms in total. The van der Waals surface area contributed by atoms with Gasteiger partial charge in [-0.05, 0) is 69.9 Å². The number of nitrogens with one attached hydrogen (secondary N) is 1. The lowest BCUT2D eigenvalue weighted by atomic mass is 9.89. The number of amides is 1. The van der Waals surface area contributed by atoms with Crippen molar-refractivity contribution in [3.63, 3.8) is 0 Å². The largest absolute Gasteiger partial charge is 0.444 e. The molecule has 5 rings (SSSR count). The Labute approximate surface area is 227 Å². The van der Waals surface area contributed by atoms with Crippen molar-refractivity contribution < 1.29 is 18.7 Å². The maximum absolute atomic E-state index is 14.8. The van der Waals surface area contributed by atoms with Crippen molar-refractivity contribution in [3.8, 4) is 5.69 Å². The molecule has 1 unspecified atom stereocenters. The Kier molecular flexibility index (Phi) is 7.47. The standard InChI is InChI=1S/C29H33FN6O3/c1-29(2,3)39-28(37)35-14-10-19(11-15-35)27(38-4)24-8-6-20-18-31-26(17-25(20)33-24)34-23-9-7-21(16-22(23)30)36-13-5-12-32-36/h5-9,12-13,16-19,27H,10-11,14-15H2,1-4H3,(H,31,34). The maximum atomic E-state index is 14.8. The first-order valence-corrected chi connectivity index (χ1v) is 13.0. The first-order valence-electron chi connectivity index (χ1n) is 13.0. The fourth-order valence-electron chi connectivity index (χ4n) is 4.83. The van der Waals surface area contributed by atoms with E-state index in [1.165, 1.54) is 6.07 Å². The van der Waals surface area contributed by atoms with E-state index in [0.29, 0.717) is 30.3 Å². The lowest BCUT2D eigenvalue weighted by Crippen LogP contribution is -2.42. The second kappa shape index (κ2) is 11.0. The van der Waals surface area contributed by atoms with Gasteiger partial charge in [-0.15, -0.1) is 0 Å². The normalized spacial score (nSPS) is 15.4. The molecule has 204 valence electrons. The molecule has 1 aromatic carbocycles. The quantitative estimate of drug-likeness (QED) is 0.324. The third-order valence-electron chi connectivity index (χ3n) is 6.74. The molecule has 1 atom stereocenters. The molecule has 0 aliphatic carbocycles. The summed E-state index contributed by atoms with van der Waals surface area (Å²) in [5.41, 5.74) is 1.96. The van der Waals surface area contributed by atoms with Crippen LogP contribution in [0.3, 0.4) is 0 Å². The molecule has 39 heavy (non-hydrogen) atoms. The van der Waals surface area contributed by atoms with Crippen LogP contribution in [-0.4, -0.2) is 56.5 Å². The average Bonchev–Trinajstić information content (AvgIpc) is 3.45. The van der Waals surface area contributed by atoms with Gasteiger partial charge in [0.25, 0.3) is 0 Å². The topological polar surface area (TPSA) is 94.4 Å². The fraction of sp³-hybridized carbons (Fsp3) is 0.379. The highest BCUT2D eigenvalue weighted by atomic mass is 19.1. The number of rotatable bonds is 6. The van der Waals surface area contributed by atoms with Gasteiger partial charge in [0, 0.05) is 56.3 Å². The summed E-state index contributed by atoms with van der Waals surface area (Å²) in [7, 11) is 1.69. The van der Waals surface area contributed by atoms with Crippen LogP contribution < -0.4 is 5.32 Å². The van der Waals surface area contributed by atoms with Crippen molar-refractivity contribution in [2.24, 2.45) is 5.92 Å². The van der Waals surface area contributed by atoms with E-state index in [0.717, 1.165) is 29.4 Å². The minimum Gasteiger partial charge on any atom is -0.444 e. The zero-order chi connectivity index (χ0) is 27.6. The number of piperidine rings is 1. The Hall–Kier alpha value is -4.05. The summed E-state index contributed by atoms with van der Waals surface area (Å²) in [5, 5.41) is 8.07. The molecule has 0 radical (unpaired) electrons. The van der Waals surface area contributed by atoms with Crippen LogP contribution in [-0.2, 0) is 9.47 Å². The minimum atomic E-state index is -0.518. The second-order valence-corrected chi connectivity index (χ2v) is 10.7. The van der Waals surface area contributed by atoms with Crippen molar-refractivity contribution in [2.45, 2.75) is 45.3 Å². The zero-order valence-electron chi connectivity index (χ0n) is 22.6. The Bertz CT molecular complexity index is 1450. The molecule has 10 heteroatoms. The summed E-state index contributed by atoms with van der Waals surface area (Å²) in [6, 6.07) is 12.4. The van der Waals surface area contributed by atoms with Crippen LogP contribution in [0.1, 0.15) is 45.4 Å². The lowest BCUT2D eigenvalue weighted by Gasteiger charge is -2.36. The minimum absolute atomic E-state index is 0.209. The summed E-state index contributed by atoms with van der Waals surface area (Å²) in [4.78, 5) is 23.5. The SMILES string of the molecule is COC(c1ccc2cnc(Nc3ccc(-n4cccn4)cc3F)cc2n1)C1CCN(C(=O)OC(C)(C)C)CC1. The highest BCUT2D eigenvalue weighted by Gasteiger charge is 2.32. The highest BCUT2D eigenvalue weighted by molar-refractivity contribution is 5.81. The van der Waals surface area contributed by atoms with Crippen LogP contribution in [0.15, 0.2) is 61.1 Å². The van der Waals surface area contributed by atoms with Gasteiger partial charge in [0.05, 0.1) is 22.6 Å². The Morgan fingerprint density at radius 3 is 2.62 bits per heavy atom. The third-order valence-corrected chi connectivity index (χ3v) is 6.74. The Morgan fingerprint density at radius 1 is 1.15 bits per heavy atom. The second-order valence-electron chi connectivity index (χ2n) is 10.7. The zero-order valence-corrected chi connectivity index (χ0v) is 22.6. The van der Waals surface area contributed by atoms with Crippen molar-refractivity contribution in [3.05, 3.63) is 72.6 Å². The number of ether oxygens (including phenoxy) is 2. The molecule has 1 aliphatic rings. The van der Waals surface area contributed by atoms with Crippen molar-refractivity contribution in [1.82, 2.24) is 24.6 Å². The van der Waals surface area contributed by atoms with E-state index in [1.807, 2.05) is 32.9 Å². The van der Waals surface area contributed by atoms with Gasteiger partial charge in [0.15, 0.2) is 0 Å². The van der Waals surface area contributed by atoms with Gasteiger partial charge in [-0.25, -0.2) is 23.8 Å². The van der Waals surface area contributed by atoms with Crippen molar-refractivity contribution >= 4 is 28.5 Å². The van der Waals surface area contributed by atoms with Crippen LogP contribution in [0.25, 0.3) is 16.6 Å². The van der Waals surface area contributed by atoms with Gasteiger partial charge >= 0.3 is 6.09 Å². The van der Waals surface area contributed by atoms with Gasteiger partial charge in [-0.3, -0.25) is 0 Å². The molecule has 1 amide bonds. The number of benzene rings is 1. The molecule has 0 bridgehead atoms. The average molecular weight is 533 g/mol. The molecule has 1 aliphatic heterocycles. The predicted octanol–water partition coefficient (Wildman–Crippen LogP) is 6.03. The summed E-state index contributed by atoms with van der Waals surface area (Å²) in [5.74, 6) is 0.279. The molecule has 4 heterocycles. The van der Waals surface area contributed by atoms with Crippen molar-refractivity contribution in [1.29, 1.82) is 0 Å². The Morgan fingerprint density at radius 2 is 1.95 bits per heavy atom. The summed E-state index contributed by atoms with van der Waals surface area (Å²) >= 11 is 0. The molecular formula is C29H33FN6O3. The van der Waals surface area contributed by atoms with Gasteiger partial charge in [0.1, 0.15) is 23.3 Å². The van der Waals surface area contributed by atoms with Gasteiger partial charge in [-0.1, -0.05) is 0 Å². The molecular weight excluding hydrogens is 499 g/mol. The number of nitrogens with zero attached hydrogens (tertiary/aromatic N) is 5. The highest BCUT2D eigenvalue weighted by Crippen LogP contribution is 2.34. The number of aromatic nitrogens is 4. The van der Waals surface area contributed by atoms with E-state index in [4.69, 9.17) is 14.5 Å². The number of methoxy groups -OCH3 is 1. The van der Waals surface area contributed by atoms with E-state index >= 15 is 0 Å². The van der Waals surface area contributed by atoms with E-state index in [1.54, 1.807) is 59.5 Å². The summed E-state index contributed by atoms with van der Waals surface area (Å²) < 4.78 is 27.8. The molecule has 1 fully saturated rings. The molecule has 3 aromatic heterocycles.